The molecule has 8 heteroatoms. The molecular formula is C16H14FN5OS. The van der Waals surface area contributed by atoms with Crippen LogP contribution in [0.3, 0.4) is 0 Å². The number of H-pyrrole nitrogens is 1. The molecule has 0 aliphatic heterocycles. The standard InChI is InChI=1S/C16H14FN5OS/c1-10(15(23)19-13-4-2-3-12(17)9-13)24-16-20-14(21-22-16)11-5-7-18-8-6-11/h2-10H,1H3,(H,19,23)(H,20,21,22)/t10-/m0/s1. The van der Waals surface area contributed by atoms with E-state index in [1.807, 2.05) is 12.1 Å². The van der Waals surface area contributed by atoms with Crippen LogP contribution in [0.5, 0.6) is 0 Å². The van der Waals surface area contributed by atoms with Crippen LogP contribution < -0.4 is 5.32 Å². The zero-order chi connectivity index (χ0) is 16.9. The third kappa shape index (κ3) is 3.96. The van der Waals surface area contributed by atoms with Crippen LogP contribution in [-0.4, -0.2) is 31.3 Å². The number of nitrogens with one attached hydrogen (secondary N) is 2. The Morgan fingerprint density at radius 2 is 2.08 bits per heavy atom. The van der Waals surface area contributed by atoms with Crippen LogP contribution in [0.15, 0.2) is 53.9 Å². The summed E-state index contributed by atoms with van der Waals surface area (Å²) in [7, 11) is 0. The average molecular weight is 343 g/mol. The van der Waals surface area contributed by atoms with Gasteiger partial charge in [-0.15, -0.1) is 5.10 Å². The Morgan fingerprint density at radius 3 is 2.83 bits per heavy atom. The number of anilines is 1. The molecule has 2 aromatic heterocycles. The molecule has 0 radical (unpaired) electrons. The lowest BCUT2D eigenvalue weighted by Crippen LogP contribution is -2.22. The number of thioether (sulfide) groups is 1. The van der Waals surface area contributed by atoms with Gasteiger partial charge in [0.25, 0.3) is 0 Å². The van der Waals surface area contributed by atoms with Gasteiger partial charge in [-0.05, 0) is 37.3 Å². The number of amides is 1. The minimum atomic E-state index is -0.436. The summed E-state index contributed by atoms with van der Waals surface area (Å²) in [5.41, 5.74) is 1.28. The van der Waals surface area contributed by atoms with E-state index >= 15 is 0 Å². The molecule has 0 bridgehead atoms. The number of pyridine rings is 1. The van der Waals surface area contributed by atoms with Crippen LogP contribution in [0.1, 0.15) is 6.92 Å². The van der Waals surface area contributed by atoms with Gasteiger partial charge in [0.05, 0.1) is 5.25 Å². The molecular weight excluding hydrogens is 329 g/mol. The molecule has 0 saturated carbocycles. The van der Waals surface area contributed by atoms with Crippen molar-refractivity contribution < 1.29 is 9.18 Å². The summed E-state index contributed by atoms with van der Waals surface area (Å²) in [5, 5.41) is 9.63. The first-order chi connectivity index (χ1) is 11.6. The van der Waals surface area contributed by atoms with Gasteiger partial charge >= 0.3 is 0 Å². The van der Waals surface area contributed by atoms with E-state index in [4.69, 9.17) is 0 Å². The van der Waals surface area contributed by atoms with E-state index in [1.165, 1.54) is 23.9 Å². The largest absolute Gasteiger partial charge is 0.325 e. The SMILES string of the molecule is C[C@H](Sc1n[nH]c(-c2ccncc2)n1)C(=O)Nc1cccc(F)c1. The highest BCUT2D eigenvalue weighted by Gasteiger charge is 2.17. The fourth-order valence-corrected chi connectivity index (χ4v) is 2.68. The highest BCUT2D eigenvalue weighted by Crippen LogP contribution is 2.23. The molecule has 3 aromatic rings. The zero-order valence-electron chi connectivity index (χ0n) is 12.7. The number of aromatic amines is 1. The number of nitrogens with zero attached hydrogens (tertiary/aromatic N) is 3. The van der Waals surface area contributed by atoms with E-state index in [1.54, 1.807) is 31.5 Å². The summed E-state index contributed by atoms with van der Waals surface area (Å²) in [4.78, 5) is 20.5. The number of halogens is 1. The van der Waals surface area contributed by atoms with Crippen molar-refractivity contribution in [2.24, 2.45) is 0 Å². The van der Waals surface area contributed by atoms with Crippen LogP contribution in [0, 0.1) is 5.82 Å². The molecule has 0 unspecified atom stereocenters. The normalized spacial score (nSPS) is 11.9. The summed E-state index contributed by atoms with van der Waals surface area (Å²) < 4.78 is 13.1. The van der Waals surface area contributed by atoms with Crippen LogP contribution >= 0.6 is 11.8 Å². The first kappa shape index (κ1) is 16.1. The lowest BCUT2D eigenvalue weighted by atomic mass is 10.3. The lowest BCUT2D eigenvalue weighted by molar-refractivity contribution is -0.115. The molecule has 0 fully saturated rings. The van der Waals surface area contributed by atoms with Gasteiger partial charge in [0.2, 0.25) is 11.1 Å². The van der Waals surface area contributed by atoms with E-state index in [-0.39, 0.29) is 5.91 Å². The van der Waals surface area contributed by atoms with Crippen molar-refractivity contribution in [2.45, 2.75) is 17.3 Å². The van der Waals surface area contributed by atoms with Gasteiger partial charge in [-0.1, -0.05) is 17.8 Å². The Balaban J connectivity index is 1.63. The average Bonchev–Trinajstić information content (AvgIpc) is 3.04. The van der Waals surface area contributed by atoms with Crippen molar-refractivity contribution >= 4 is 23.4 Å². The predicted octanol–water partition coefficient (Wildman–Crippen LogP) is 3.13. The number of benzene rings is 1. The van der Waals surface area contributed by atoms with Crippen LogP contribution in [0.2, 0.25) is 0 Å². The van der Waals surface area contributed by atoms with E-state index in [0.29, 0.717) is 16.7 Å². The summed E-state index contributed by atoms with van der Waals surface area (Å²) >= 11 is 1.22. The predicted molar refractivity (Wildman–Crippen MR) is 90.0 cm³/mol. The van der Waals surface area contributed by atoms with Gasteiger partial charge in [0.1, 0.15) is 5.82 Å². The van der Waals surface area contributed by atoms with Crippen molar-refractivity contribution in [3.05, 3.63) is 54.6 Å². The first-order valence-electron chi connectivity index (χ1n) is 7.18. The molecule has 2 N–H and O–H groups in total. The van der Waals surface area contributed by atoms with Crippen molar-refractivity contribution in [3.63, 3.8) is 0 Å². The second kappa shape index (κ2) is 7.22. The molecule has 2 heterocycles. The Kier molecular flexibility index (Phi) is 4.85. The fraction of sp³-hybridized carbons (Fsp3) is 0.125. The van der Waals surface area contributed by atoms with Crippen LogP contribution in [0.25, 0.3) is 11.4 Å². The van der Waals surface area contributed by atoms with Gasteiger partial charge < -0.3 is 5.32 Å². The van der Waals surface area contributed by atoms with Gasteiger partial charge in [-0.25, -0.2) is 9.37 Å². The van der Waals surface area contributed by atoms with Gasteiger partial charge in [0, 0.05) is 23.6 Å². The first-order valence-corrected chi connectivity index (χ1v) is 8.05. The van der Waals surface area contributed by atoms with Crippen molar-refractivity contribution in [1.82, 2.24) is 20.2 Å². The van der Waals surface area contributed by atoms with E-state index in [0.717, 1.165) is 5.56 Å². The number of carbonyl (C=O) groups excluding carboxylic acids is 1. The summed E-state index contributed by atoms with van der Waals surface area (Å²) in [6.45, 7) is 1.74. The quantitative estimate of drug-likeness (QED) is 0.696. The highest BCUT2D eigenvalue weighted by atomic mass is 32.2. The van der Waals surface area contributed by atoms with Crippen molar-refractivity contribution in [1.29, 1.82) is 0 Å². The van der Waals surface area contributed by atoms with E-state index in [2.05, 4.69) is 25.5 Å². The minimum Gasteiger partial charge on any atom is -0.325 e. The number of hydrogen-bond acceptors (Lipinski definition) is 5. The third-order valence-corrected chi connectivity index (χ3v) is 4.12. The molecule has 0 spiro atoms. The minimum absolute atomic E-state index is 0.249. The maximum absolute atomic E-state index is 13.1. The highest BCUT2D eigenvalue weighted by molar-refractivity contribution is 8.00. The van der Waals surface area contributed by atoms with Crippen LogP contribution in [-0.2, 0) is 4.79 Å². The number of carbonyl (C=O) groups is 1. The van der Waals surface area contributed by atoms with E-state index in [9.17, 15) is 9.18 Å². The smallest absolute Gasteiger partial charge is 0.237 e. The maximum Gasteiger partial charge on any atom is 0.237 e. The van der Waals surface area contributed by atoms with Gasteiger partial charge in [0.15, 0.2) is 5.82 Å². The molecule has 122 valence electrons. The van der Waals surface area contributed by atoms with Crippen molar-refractivity contribution in [2.75, 3.05) is 5.32 Å². The summed E-state index contributed by atoms with van der Waals surface area (Å²) in [6, 6.07) is 9.39. The zero-order valence-corrected chi connectivity index (χ0v) is 13.5. The molecule has 1 atom stereocenters. The second-order valence-electron chi connectivity index (χ2n) is 4.96. The summed E-state index contributed by atoms with van der Waals surface area (Å²) in [6.07, 6.45) is 3.33. The third-order valence-electron chi connectivity index (χ3n) is 3.16. The molecule has 3 rings (SSSR count). The maximum atomic E-state index is 13.1. The Labute approximate surface area is 141 Å². The number of aromatic nitrogens is 4. The summed E-state index contributed by atoms with van der Waals surface area (Å²) in [5.74, 6) is -0.0393. The molecule has 24 heavy (non-hydrogen) atoms. The number of rotatable bonds is 5. The molecule has 6 nitrogen and oxygen atoms in total. The van der Waals surface area contributed by atoms with Gasteiger partial charge in [-0.3, -0.25) is 14.9 Å². The second-order valence-corrected chi connectivity index (χ2v) is 6.27. The molecule has 1 aromatic carbocycles. The molecule has 0 aliphatic rings. The monoisotopic (exact) mass is 343 g/mol. The van der Waals surface area contributed by atoms with Crippen molar-refractivity contribution in [3.8, 4) is 11.4 Å². The van der Waals surface area contributed by atoms with E-state index < -0.39 is 11.1 Å². The molecule has 0 saturated heterocycles. The van der Waals surface area contributed by atoms with Gasteiger partial charge in [-0.2, -0.15) is 0 Å². The Hall–Kier alpha value is -2.74. The Bertz CT molecular complexity index is 839. The number of hydrogen-bond donors (Lipinski definition) is 2. The fourth-order valence-electron chi connectivity index (χ4n) is 1.96. The molecule has 0 aliphatic carbocycles. The topological polar surface area (TPSA) is 83.6 Å². The Morgan fingerprint density at radius 1 is 1.29 bits per heavy atom. The lowest BCUT2D eigenvalue weighted by Gasteiger charge is -2.10. The molecule has 1 amide bonds. The van der Waals surface area contributed by atoms with Crippen LogP contribution in [0.4, 0.5) is 10.1 Å².